The maximum absolute atomic E-state index is 14.0. The van der Waals surface area contributed by atoms with Gasteiger partial charge in [-0.2, -0.15) is 5.10 Å². The second-order valence-corrected chi connectivity index (χ2v) is 5.08. The molecule has 1 aromatic carbocycles. The van der Waals surface area contributed by atoms with Crippen LogP contribution in [0.15, 0.2) is 24.5 Å². The second kappa shape index (κ2) is 6.81. The van der Waals surface area contributed by atoms with Crippen molar-refractivity contribution >= 4 is 11.6 Å². The second-order valence-electron chi connectivity index (χ2n) is 4.68. The highest BCUT2D eigenvalue weighted by molar-refractivity contribution is 6.30. The normalized spacial score (nSPS) is 12.6. The van der Waals surface area contributed by atoms with Gasteiger partial charge in [-0.1, -0.05) is 30.7 Å². The first kappa shape index (κ1) is 14.9. The molecule has 1 N–H and O–H groups in total. The Morgan fingerprint density at radius 3 is 2.85 bits per heavy atom. The predicted molar refractivity (Wildman–Crippen MR) is 77.3 cm³/mol. The summed E-state index contributed by atoms with van der Waals surface area (Å²) in [5.74, 6) is 0.536. The monoisotopic (exact) mass is 296 g/mol. The number of aromatic nitrogens is 3. The Morgan fingerprint density at radius 1 is 1.40 bits per heavy atom. The van der Waals surface area contributed by atoms with E-state index in [1.165, 1.54) is 6.33 Å². The van der Waals surface area contributed by atoms with Crippen LogP contribution < -0.4 is 5.32 Å². The van der Waals surface area contributed by atoms with Crippen molar-refractivity contribution in [1.82, 2.24) is 20.1 Å². The average Bonchev–Trinajstić information content (AvgIpc) is 2.81. The van der Waals surface area contributed by atoms with Crippen LogP contribution in [0.3, 0.4) is 0 Å². The van der Waals surface area contributed by atoms with E-state index in [9.17, 15) is 4.39 Å². The molecule has 2 rings (SSSR count). The number of likely N-dealkylation sites (N-methyl/N-ethyl adjacent to an activating group) is 1. The number of benzene rings is 1. The zero-order valence-corrected chi connectivity index (χ0v) is 12.4. The molecule has 0 aliphatic heterocycles. The predicted octanol–water partition coefficient (Wildman–Crippen LogP) is 2.37. The molecule has 1 aromatic heterocycles. The SMILES string of the molecule is CCNC(Cc1cccc(Cl)c1F)Cc1ncnn1C. The molecule has 0 bridgehead atoms. The molecule has 0 fully saturated rings. The topological polar surface area (TPSA) is 42.7 Å². The summed E-state index contributed by atoms with van der Waals surface area (Å²) in [6.45, 7) is 2.84. The van der Waals surface area contributed by atoms with E-state index in [-0.39, 0.29) is 16.9 Å². The first-order valence-corrected chi connectivity index (χ1v) is 6.98. The van der Waals surface area contributed by atoms with E-state index in [1.807, 2.05) is 14.0 Å². The van der Waals surface area contributed by atoms with Crippen LogP contribution >= 0.6 is 11.6 Å². The molecule has 0 saturated carbocycles. The minimum absolute atomic E-state index is 0.0934. The first-order chi connectivity index (χ1) is 9.61. The Bertz CT molecular complexity index is 570. The smallest absolute Gasteiger partial charge is 0.145 e. The quantitative estimate of drug-likeness (QED) is 0.890. The van der Waals surface area contributed by atoms with Crippen LogP contribution in [0.1, 0.15) is 18.3 Å². The largest absolute Gasteiger partial charge is 0.313 e. The van der Waals surface area contributed by atoms with Gasteiger partial charge in [0.1, 0.15) is 18.0 Å². The van der Waals surface area contributed by atoms with Gasteiger partial charge in [-0.15, -0.1) is 0 Å². The maximum atomic E-state index is 14.0. The van der Waals surface area contributed by atoms with E-state index in [1.54, 1.807) is 22.9 Å². The minimum atomic E-state index is -0.338. The Hall–Kier alpha value is -1.46. The zero-order chi connectivity index (χ0) is 14.5. The lowest BCUT2D eigenvalue weighted by molar-refractivity contribution is 0.487. The van der Waals surface area contributed by atoms with Crippen molar-refractivity contribution in [3.05, 3.63) is 46.8 Å². The van der Waals surface area contributed by atoms with Crippen LogP contribution in [0.4, 0.5) is 4.39 Å². The highest BCUT2D eigenvalue weighted by Gasteiger charge is 2.16. The summed E-state index contributed by atoms with van der Waals surface area (Å²) in [6, 6.07) is 5.19. The first-order valence-electron chi connectivity index (χ1n) is 6.61. The average molecular weight is 297 g/mol. The van der Waals surface area contributed by atoms with Gasteiger partial charge in [0.05, 0.1) is 5.02 Å². The van der Waals surface area contributed by atoms with Gasteiger partial charge in [0, 0.05) is 19.5 Å². The van der Waals surface area contributed by atoms with Crippen LogP contribution in [-0.4, -0.2) is 27.4 Å². The summed E-state index contributed by atoms with van der Waals surface area (Å²) in [7, 11) is 1.85. The molecule has 1 unspecified atom stereocenters. The number of halogens is 2. The highest BCUT2D eigenvalue weighted by Crippen LogP contribution is 2.19. The van der Waals surface area contributed by atoms with E-state index < -0.39 is 0 Å². The van der Waals surface area contributed by atoms with Crippen LogP contribution in [0.5, 0.6) is 0 Å². The summed E-state index contributed by atoms with van der Waals surface area (Å²) in [4.78, 5) is 4.21. The molecule has 20 heavy (non-hydrogen) atoms. The van der Waals surface area contributed by atoms with Gasteiger partial charge >= 0.3 is 0 Å². The van der Waals surface area contributed by atoms with E-state index in [4.69, 9.17) is 11.6 Å². The van der Waals surface area contributed by atoms with Crippen molar-refractivity contribution in [2.24, 2.45) is 7.05 Å². The lowest BCUT2D eigenvalue weighted by atomic mass is 10.0. The minimum Gasteiger partial charge on any atom is -0.313 e. The van der Waals surface area contributed by atoms with Crippen molar-refractivity contribution in [2.45, 2.75) is 25.8 Å². The number of aryl methyl sites for hydroxylation is 1. The Balaban J connectivity index is 2.13. The zero-order valence-electron chi connectivity index (χ0n) is 11.6. The molecule has 0 aliphatic rings. The van der Waals surface area contributed by atoms with E-state index in [0.717, 1.165) is 12.4 Å². The van der Waals surface area contributed by atoms with Crippen LogP contribution in [-0.2, 0) is 19.9 Å². The summed E-state index contributed by atoms with van der Waals surface area (Å²) < 4.78 is 15.7. The van der Waals surface area contributed by atoms with Gasteiger partial charge in [0.15, 0.2) is 0 Å². The Morgan fingerprint density at radius 2 is 2.20 bits per heavy atom. The molecule has 108 valence electrons. The number of rotatable bonds is 6. The molecule has 6 heteroatoms. The maximum Gasteiger partial charge on any atom is 0.145 e. The molecule has 0 amide bonds. The fourth-order valence-electron chi connectivity index (χ4n) is 2.20. The third-order valence-corrected chi connectivity index (χ3v) is 3.52. The van der Waals surface area contributed by atoms with Gasteiger partial charge < -0.3 is 5.32 Å². The van der Waals surface area contributed by atoms with Crippen molar-refractivity contribution in [3.8, 4) is 0 Å². The molecule has 4 nitrogen and oxygen atoms in total. The molecule has 2 aromatic rings. The summed E-state index contributed by atoms with van der Waals surface area (Å²) in [5.41, 5.74) is 0.616. The molecule has 0 aliphatic carbocycles. The fraction of sp³-hybridized carbons (Fsp3) is 0.429. The molecular formula is C14H18ClFN4. The van der Waals surface area contributed by atoms with Gasteiger partial charge in [-0.3, -0.25) is 4.68 Å². The van der Waals surface area contributed by atoms with Crippen molar-refractivity contribution in [3.63, 3.8) is 0 Å². The van der Waals surface area contributed by atoms with E-state index in [0.29, 0.717) is 18.4 Å². The molecule has 0 radical (unpaired) electrons. The molecule has 1 heterocycles. The number of hydrogen-bond donors (Lipinski definition) is 1. The number of nitrogens with zero attached hydrogens (tertiary/aromatic N) is 3. The Labute approximate surface area is 123 Å². The van der Waals surface area contributed by atoms with Gasteiger partial charge in [0.2, 0.25) is 0 Å². The van der Waals surface area contributed by atoms with Crippen molar-refractivity contribution < 1.29 is 4.39 Å². The molecule has 1 atom stereocenters. The number of nitrogens with one attached hydrogen (secondary N) is 1. The van der Waals surface area contributed by atoms with Crippen LogP contribution in [0.25, 0.3) is 0 Å². The van der Waals surface area contributed by atoms with Crippen molar-refractivity contribution in [1.29, 1.82) is 0 Å². The standard InChI is InChI=1S/C14H18ClFN4/c1-3-17-11(8-13-18-9-19-20(13)2)7-10-5-4-6-12(15)14(10)16/h4-6,9,11,17H,3,7-8H2,1-2H3. The van der Waals surface area contributed by atoms with Gasteiger partial charge in [-0.05, 0) is 24.6 Å². The third kappa shape index (κ3) is 3.55. The molecular weight excluding hydrogens is 279 g/mol. The molecule has 0 saturated heterocycles. The van der Waals surface area contributed by atoms with Crippen LogP contribution in [0, 0.1) is 5.82 Å². The summed E-state index contributed by atoms with van der Waals surface area (Å²) in [5, 5.41) is 7.57. The van der Waals surface area contributed by atoms with Crippen molar-refractivity contribution in [2.75, 3.05) is 6.54 Å². The lowest BCUT2D eigenvalue weighted by Crippen LogP contribution is -2.34. The van der Waals surface area contributed by atoms with Crippen LogP contribution in [0.2, 0.25) is 5.02 Å². The third-order valence-electron chi connectivity index (χ3n) is 3.22. The van der Waals surface area contributed by atoms with Gasteiger partial charge in [-0.25, -0.2) is 9.37 Å². The number of hydrogen-bond acceptors (Lipinski definition) is 3. The van der Waals surface area contributed by atoms with E-state index >= 15 is 0 Å². The van der Waals surface area contributed by atoms with E-state index in [2.05, 4.69) is 15.4 Å². The highest BCUT2D eigenvalue weighted by atomic mass is 35.5. The lowest BCUT2D eigenvalue weighted by Gasteiger charge is -2.18. The fourth-order valence-corrected chi connectivity index (χ4v) is 2.40. The summed E-state index contributed by atoms with van der Waals surface area (Å²) in [6.07, 6.45) is 2.78. The summed E-state index contributed by atoms with van der Waals surface area (Å²) >= 11 is 5.82. The molecule has 0 spiro atoms. The Kier molecular flexibility index (Phi) is 5.09. The van der Waals surface area contributed by atoms with Gasteiger partial charge in [0.25, 0.3) is 0 Å².